The Morgan fingerprint density at radius 1 is 1.29 bits per heavy atom. The number of nitrogens with one attached hydrogen (secondary N) is 1. The predicted molar refractivity (Wildman–Crippen MR) is 116 cm³/mol. The molecule has 1 heterocycles. The molecule has 0 spiro atoms. The van der Waals surface area contributed by atoms with Gasteiger partial charge in [0.2, 0.25) is 0 Å². The van der Waals surface area contributed by atoms with Crippen molar-refractivity contribution in [2.45, 2.75) is 26.4 Å². The first kappa shape index (κ1) is 20.3. The topological polar surface area (TPSA) is 59.9 Å². The van der Waals surface area contributed by atoms with E-state index >= 15 is 0 Å². The van der Waals surface area contributed by atoms with Crippen LogP contribution in [0.4, 0.5) is 5.69 Å². The summed E-state index contributed by atoms with van der Waals surface area (Å²) in [7, 11) is 1.56. The second kappa shape index (κ2) is 9.17. The van der Waals surface area contributed by atoms with E-state index in [1.54, 1.807) is 25.3 Å². The average molecular weight is 417 g/mol. The standard InChI is InChI=1S/C21H21ClN2O3S/c1-4-13(2)27-19-16(22)10-14(11-17(19)26-3)12-18-20(25)24-21(28-18)23-15-8-6-5-7-9-15/h5-13H,4H2,1-3H3,(H,23,24,25)/b18-12-/t13-/m1/s1. The number of amides is 1. The lowest BCUT2D eigenvalue weighted by molar-refractivity contribution is -0.115. The SMILES string of the molecule is CC[C@@H](C)Oc1c(Cl)cc(/C=C2\SC(=Nc3ccccc3)NC2=O)cc1OC. The molecule has 1 fully saturated rings. The lowest BCUT2D eigenvalue weighted by Crippen LogP contribution is -2.19. The van der Waals surface area contributed by atoms with Crippen LogP contribution in [-0.2, 0) is 4.79 Å². The molecular weight excluding hydrogens is 396 g/mol. The molecule has 0 unspecified atom stereocenters. The Bertz CT molecular complexity index is 929. The number of aliphatic imine (C=N–C) groups is 1. The molecule has 7 heteroatoms. The number of hydrogen-bond donors (Lipinski definition) is 1. The average Bonchev–Trinajstić information content (AvgIpc) is 3.02. The van der Waals surface area contributed by atoms with Crippen molar-refractivity contribution in [3.8, 4) is 11.5 Å². The first-order valence-corrected chi connectivity index (χ1v) is 10.1. The molecule has 1 aliphatic rings. The van der Waals surface area contributed by atoms with Gasteiger partial charge in [-0.25, -0.2) is 4.99 Å². The maximum atomic E-state index is 12.3. The van der Waals surface area contributed by atoms with Gasteiger partial charge in [0.15, 0.2) is 16.7 Å². The lowest BCUT2D eigenvalue weighted by Gasteiger charge is -2.17. The summed E-state index contributed by atoms with van der Waals surface area (Å²) in [4.78, 5) is 17.3. The van der Waals surface area contributed by atoms with E-state index in [2.05, 4.69) is 10.3 Å². The monoisotopic (exact) mass is 416 g/mol. The number of halogens is 1. The van der Waals surface area contributed by atoms with Crippen molar-refractivity contribution < 1.29 is 14.3 Å². The van der Waals surface area contributed by atoms with E-state index in [0.717, 1.165) is 17.7 Å². The number of nitrogens with zero attached hydrogens (tertiary/aromatic N) is 1. The molecule has 28 heavy (non-hydrogen) atoms. The van der Waals surface area contributed by atoms with Gasteiger partial charge in [0, 0.05) is 0 Å². The van der Waals surface area contributed by atoms with E-state index in [4.69, 9.17) is 21.1 Å². The van der Waals surface area contributed by atoms with Crippen molar-refractivity contribution in [1.29, 1.82) is 0 Å². The molecule has 146 valence electrons. The van der Waals surface area contributed by atoms with Crippen LogP contribution in [0.2, 0.25) is 5.02 Å². The largest absolute Gasteiger partial charge is 0.493 e. The van der Waals surface area contributed by atoms with Crippen molar-refractivity contribution in [3.63, 3.8) is 0 Å². The number of ether oxygens (including phenoxy) is 2. The van der Waals surface area contributed by atoms with Crippen LogP contribution in [0.15, 0.2) is 52.4 Å². The molecule has 1 N–H and O–H groups in total. The second-order valence-corrected chi connectivity index (χ2v) is 7.63. The first-order chi connectivity index (χ1) is 13.5. The zero-order valence-corrected chi connectivity index (χ0v) is 17.4. The number of thioether (sulfide) groups is 1. The van der Waals surface area contributed by atoms with E-state index < -0.39 is 0 Å². The van der Waals surface area contributed by atoms with Crippen molar-refractivity contribution >= 4 is 46.2 Å². The third-order valence-electron chi connectivity index (χ3n) is 4.08. The van der Waals surface area contributed by atoms with Crippen molar-refractivity contribution in [2.75, 3.05) is 7.11 Å². The van der Waals surface area contributed by atoms with Gasteiger partial charge in [0.05, 0.1) is 28.8 Å². The Morgan fingerprint density at radius 3 is 2.71 bits per heavy atom. The minimum atomic E-state index is -0.199. The highest BCUT2D eigenvalue weighted by atomic mass is 35.5. The smallest absolute Gasteiger partial charge is 0.264 e. The first-order valence-electron chi connectivity index (χ1n) is 8.89. The molecule has 1 amide bonds. The lowest BCUT2D eigenvalue weighted by atomic mass is 10.1. The maximum Gasteiger partial charge on any atom is 0.264 e. The number of amidine groups is 1. The minimum absolute atomic E-state index is 0.0172. The van der Waals surface area contributed by atoms with Crippen LogP contribution >= 0.6 is 23.4 Å². The van der Waals surface area contributed by atoms with Gasteiger partial charge in [0.1, 0.15) is 0 Å². The highest BCUT2D eigenvalue weighted by molar-refractivity contribution is 8.18. The summed E-state index contributed by atoms with van der Waals surface area (Å²) >= 11 is 7.69. The Balaban J connectivity index is 1.86. The van der Waals surface area contributed by atoms with Crippen LogP contribution in [-0.4, -0.2) is 24.3 Å². The molecule has 0 aromatic heterocycles. The van der Waals surface area contributed by atoms with E-state index in [1.165, 1.54) is 11.8 Å². The summed E-state index contributed by atoms with van der Waals surface area (Å²) in [6.07, 6.45) is 2.63. The maximum absolute atomic E-state index is 12.3. The molecule has 2 aromatic rings. The summed E-state index contributed by atoms with van der Waals surface area (Å²) in [5.41, 5.74) is 1.53. The third kappa shape index (κ3) is 4.88. The van der Waals surface area contributed by atoms with Gasteiger partial charge in [-0.1, -0.05) is 36.7 Å². The van der Waals surface area contributed by atoms with Gasteiger partial charge in [-0.2, -0.15) is 0 Å². The summed E-state index contributed by atoms with van der Waals surface area (Å²) in [5, 5.41) is 3.75. The van der Waals surface area contributed by atoms with Gasteiger partial charge in [-0.05, 0) is 61.0 Å². The van der Waals surface area contributed by atoms with Gasteiger partial charge in [-0.3, -0.25) is 4.79 Å². The molecule has 5 nitrogen and oxygen atoms in total. The highest BCUT2D eigenvalue weighted by Crippen LogP contribution is 2.39. The molecule has 1 atom stereocenters. The number of carbonyl (C=O) groups is 1. The molecular formula is C21H21ClN2O3S. The van der Waals surface area contributed by atoms with Crippen LogP contribution < -0.4 is 14.8 Å². The Labute approximate surface area is 173 Å². The zero-order valence-electron chi connectivity index (χ0n) is 15.9. The Kier molecular flexibility index (Phi) is 6.65. The summed E-state index contributed by atoms with van der Waals surface area (Å²) in [6, 6.07) is 13.0. The van der Waals surface area contributed by atoms with E-state index in [1.807, 2.05) is 44.2 Å². The van der Waals surface area contributed by atoms with Crippen molar-refractivity contribution in [3.05, 3.63) is 58.0 Å². The number of carbonyl (C=O) groups excluding carboxylic acids is 1. The predicted octanol–water partition coefficient (Wildman–Crippen LogP) is 5.42. The third-order valence-corrected chi connectivity index (χ3v) is 5.27. The van der Waals surface area contributed by atoms with Crippen molar-refractivity contribution in [1.82, 2.24) is 5.32 Å². The van der Waals surface area contributed by atoms with E-state index in [-0.39, 0.29) is 12.0 Å². The number of rotatable bonds is 6. The van der Waals surface area contributed by atoms with Gasteiger partial charge >= 0.3 is 0 Å². The number of para-hydroxylation sites is 1. The molecule has 0 saturated carbocycles. The minimum Gasteiger partial charge on any atom is -0.493 e. The van der Waals surface area contributed by atoms with Gasteiger partial charge in [-0.15, -0.1) is 0 Å². The van der Waals surface area contributed by atoms with Crippen LogP contribution in [0.3, 0.4) is 0 Å². The molecule has 1 aliphatic heterocycles. The fourth-order valence-electron chi connectivity index (χ4n) is 2.47. The van der Waals surface area contributed by atoms with Gasteiger partial charge < -0.3 is 14.8 Å². The molecule has 0 aliphatic carbocycles. The highest BCUT2D eigenvalue weighted by Gasteiger charge is 2.24. The fourth-order valence-corrected chi connectivity index (χ4v) is 3.58. The molecule has 2 aromatic carbocycles. The summed E-state index contributed by atoms with van der Waals surface area (Å²) in [6.45, 7) is 4.01. The van der Waals surface area contributed by atoms with Crippen molar-refractivity contribution in [2.24, 2.45) is 4.99 Å². The molecule has 0 bridgehead atoms. The molecule has 3 rings (SSSR count). The van der Waals surface area contributed by atoms with Crippen LogP contribution in [0.25, 0.3) is 6.08 Å². The fraction of sp³-hybridized carbons (Fsp3) is 0.238. The number of benzene rings is 2. The van der Waals surface area contributed by atoms with Gasteiger partial charge in [0.25, 0.3) is 5.91 Å². The normalized spacial score (nSPS) is 17.6. The second-order valence-electron chi connectivity index (χ2n) is 6.19. The van der Waals surface area contributed by atoms with E-state index in [0.29, 0.717) is 26.6 Å². The van der Waals surface area contributed by atoms with Crippen LogP contribution in [0.1, 0.15) is 25.8 Å². The number of methoxy groups -OCH3 is 1. The van der Waals surface area contributed by atoms with Crippen LogP contribution in [0, 0.1) is 0 Å². The van der Waals surface area contributed by atoms with E-state index in [9.17, 15) is 4.79 Å². The quantitative estimate of drug-likeness (QED) is 0.639. The molecule has 0 radical (unpaired) electrons. The number of hydrogen-bond acceptors (Lipinski definition) is 5. The van der Waals surface area contributed by atoms with Crippen LogP contribution in [0.5, 0.6) is 11.5 Å². The summed E-state index contributed by atoms with van der Waals surface area (Å²) < 4.78 is 11.3. The summed E-state index contributed by atoms with van der Waals surface area (Å²) in [5.74, 6) is 0.839. The Morgan fingerprint density at radius 2 is 2.04 bits per heavy atom. The zero-order chi connectivity index (χ0) is 20.1. The Hall–Kier alpha value is -2.44. The molecule has 1 saturated heterocycles.